The van der Waals surface area contributed by atoms with Crippen LogP contribution in [0, 0.1) is 0 Å². The Morgan fingerprint density at radius 2 is 1.88 bits per heavy atom. The van der Waals surface area contributed by atoms with Crippen LogP contribution in [-0.2, 0) is 0 Å². The number of pyridine rings is 1. The van der Waals surface area contributed by atoms with Crippen LogP contribution in [-0.4, -0.2) is 39.4 Å². The van der Waals surface area contributed by atoms with Crippen molar-refractivity contribution in [3.05, 3.63) is 96.3 Å². The van der Waals surface area contributed by atoms with Crippen LogP contribution < -0.4 is 9.64 Å². The van der Waals surface area contributed by atoms with E-state index in [1.165, 1.54) is 23.4 Å². The molecule has 10 heteroatoms. The van der Waals surface area contributed by atoms with Crippen molar-refractivity contribution in [1.29, 1.82) is 0 Å². The number of ether oxygens (including phenoxy) is 1. The van der Waals surface area contributed by atoms with E-state index in [9.17, 15) is 13.2 Å². The number of amidine groups is 1. The molecule has 0 radical (unpaired) electrons. The first-order valence-corrected chi connectivity index (χ1v) is 14.7. The Hall–Kier alpha value is -4.31. The lowest BCUT2D eigenvalue weighted by Crippen LogP contribution is -2.25. The van der Waals surface area contributed by atoms with Gasteiger partial charge in [-0.2, -0.15) is 5.10 Å². The lowest BCUT2D eigenvalue weighted by molar-refractivity contribution is -0.274. The summed E-state index contributed by atoms with van der Waals surface area (Å²) in [5.41, 5.74) is 5.68. The second-order valence-electron chi connectivity index (χ2n) is 10.1. The third-order valence-electron chi connectivity index (χ3n) is 7.40. The van der Waals surface area contributed by atoms with E-state index in [0.717, 1.165) is 57.1 Å². The number of rotatable bonds is 7. The monoisotopic (exact) mass is 587 g/mol. The fourth-order valence-electron chi connectivity index (χ4n) is 5.13. The Morgan fingerprint density at radius 1 is 1.07 bits per heavy atom. The quantitative estimate of drug-likeness (QED) is 0.142. The zero-order chi connectivity index (χ0) is 29.3. The average Bonchev–Trinajstić information content (AvgIpc) is 3.64. The maximum atomic E-state index is 12.5. The van der Waals surface area contributed by atoms with Gasteiger partial charge in [0.15, 0.2) is 5.17 Å². The maximum Gasteiger partial charge on any atom is 0.573 e. The maximum absolute atomic E-state index is 12.5. The van der Waals surface area contributed by atoms with Crippen LogP contribution in [0.25, 0.3) is 27.7 Å². The van der Waals surface area contributed by atoms with Crippen LogP contribution in [0.3, 0.4) is 0 Å². The second-order valence-corrected chi connectivity index (χ2v) is 11.1. The highest BCUT2D eigenvalue weighted by atomic mass is 32.2. The molecule has 6 nitrogen and oxygen atoms in total. The first-order valence-electron chi connectivity index (χ1n) is 13.7. The number of aromatic nitrogens is 2. The molecule has 0 amide bonds. The SMILES string of the molecule is CCC(C)c1ccccc1N1CCS/C1=N/N=C/c1ccc2c(ccn3c(-c4ccc(OC(F)(F)F)cc4)cnc23)c1. The van der Waals surface area contributed by atoms with Gasteiger partial charge in [0.1, 0.15) is 11.4 Å². The van der Waals surface area contributed by atoms with Gasteiger partial charge in [0, 0.05) is 35.1 Å². The molecule has 1 aliphatic rings. The van der Waals surface area contributed by atoms with Gasteiger partial charge < -0.3 is 9.64 Å². The fourth-order valence-corrected chi connectivity index (χ4v) is 6.04. The van der Waals surface area contributed by atoms with Crippen LogP contribution >= 0.6 is 11.8 Å². The molecule has 0 aliphatic carbocycles. The van der Waals surface area contributed by atoms with Crippen molar-refractivity contribution in [2.24, 2.45) is 10.2 Å². The van der Waals surface area contributed by atoms with Crippen LogP contribution in [0.15, 0.2) is 95.4 Å². The molecule has 0 saturated carbocycles. The highest BCUT2D eigenvalue weighted by molar-refractivity contribution is 8.14. The molecule has 1 fully saturated rings. The molecule has 6 rings (SSSR count). The van der Waals surface area contributed by atoms with Gasteiger partial charge >= 0.3 is 6.36 Å². The molecule has 42 heavy (non-hydrogen) atoms. The van der Waals surface area contributed by atoms with Gasteiger partial charge in [-0.05, 0) is 77.4 Å². The number of fused-ring (bicyclic) bond motifs is 3. The first kappa shape index (κ1) is 27.8. The van der Waals surface area contributed by atoms with E-state index in [1.807, 2.05) is 34.9 Å². The van der Waals surface area contributed by atoms with Gasteiger partial charge in [-0.1, -0.05) is 49.9 Å². The van der Waals surface area contributed by atoms with Crippen molar-refractivity contribution < 1.29 is 17.9 Å². The van der Waals surface area contributed by atoms with E-state index in [2.05, 4.69) is 62.9 Å². The third kappa shape index (κ3) is 5.72. The number of imidazole rings is 1. The minimum absolute atomic E-state index is 0.264. The lowest BCUT2D eigenvalue weighted by Gasteiger charge is -2.23. The molecule has 1 saturated heterocycles. The molecule has 1 aliphatic heterocycles. The molecule has 3 aromatic carbocycles. The van der Waals surface area contributed by atoms with Crippen LogP contribution in [0.1, 0.15) is 37.3 Å². The summed E-state index contributed by atoms with van der Waals surface area (Å²) in [7, 11) is 0. The zero-order valence-corrected chi connectivity index (χ0v) is 23.9. The van der Waals surface area contributed by atoms with Crippen molar-refractivity contribution in [3.8, 4) is 17.0 Å². The number of thioether (sulfide) groups is 1. The van der Waals surface area contributed by atoms with E-state index in [4.69, 9.17) is 0 Å². The summed E-state index contributed by atoms with van der Waals surface area (Å²) < 4.78 is 43.4. The number of para-hydroxylation sites is 1. The number of halogens is 3. The van der Waals surface area contributed by atoms with Gasteiger partial charge in [0.2, 0.25) is 0 Å². The fraction of sp³-hybridized carbons (Fsp3) is 0.219. The van der Waals surface area contributed by atoms with Crippen molar-refractivity contribution in [2.45, 2.75) is 32.5 Å². The first-order chi connectivity index (χ1) is 20.3. The number of benzene rings is 3. The molecule has 5 aromatic rings. The average molecular weight is 588 g/mol. The van der Waals surface area contributed by atoms with Gasteiger partial charge in [0.05, 0.1) is 18.1 Å². The largest absolute Gasteiger partial charge is 0.573 e. The topological polar surface area (TPSA) is 54.5 Å². The molecular formula is C32H28F3N5OS. The van der Waals surface area contributed by atoms with Gasteiger partial charge in [-0.25, -0.2) is 4.98 Å². The summed E-state index contributed by atoms with van der Waals surface area (Å²) >= 11 is 1.71. The predicted molar refractivity (Wildman–Crippen MR) is 165 cm³/mol. The third-order valence-corrected chi connectivity index (χ3v) is 8.35. The molecule has 0 N–H and O–H groups in total. The molecule has 2 aromatic heterocycles. The van der Waals surface area contributed by atoms with Gasteiger partial charge in [-0.15, -0.1) is 18.3 Å². The van der Waals surface area contributed by atoms with Crippen molar-refractivity contribution in [1.82, 2.24) is 9.38 Å². The van der Waals surface area contributed by atoms with Crippen LogP contribution in [0.5, 0.6) is 5.75 Å². The molecule has 0 bridgehead atoms. The van der Waals surface area contributed by atoms with Crippen LogP contribution in [0.4, 0.5) is 18.9 Å². The number of alkyl halides is 3. The Morgan fingerprint density at radius 3 is 2.67 bits per heavy atom. The molecule has 0 spiro atoms. The van der Waals surface area contributed by atoms with E-state index in [0.29, 0.717) is 5.92 Å². The highest BCUT2D eigenvalue weighted by Crippen LogP contribution is 2.34. The zero-order valence-electron chi connectivity index (χ0n) is 23.0. The van der Waals surface area contributed by atoms with Crippen LogP contribution in [0.2, 0.25) is 0 Å². The highest BCUT2D eigenvalue weighted by Gasteiger charge is 2.31. The summed E-state index contributed by atoms with van der Waals surface area (Å²) in [6.07, 6.45) is 1.73. The number of nitrogens with zero attached hydrogens (tertiary/aromatic N) is 5. The summed E-state index contributed by atoms with van der Waals surface area (Å²) in [4.78, 5) is 6.86. The Kier molecular flexibility index (Phi) is 7.64. The summed E-state index contributed by atoms with van der Waals surface area (Å²) in [6, 6.07) is 22.3. The smallest absolute Gasteiger partial charge is 0.406 e. The molecule has 1 atom stereocenters. The van der Waals surface area contributed by atoms with E-state index >= 15 is 0 Å². The number of hydrogen-bond donors (Lipinski definition) is 0. The number of hydrogen-bond acceptors (Lipinski definition) is 5. The Labute approximate surface area is 245 Å². The van der Waals surface area contributed by atoms with E-state index in [-0.39, 0.29) is 5.75 Å². The van der Waals surface area contributed by atoms with E-state index in [1.54, 1.807) is 36.3 Å². The van der Waals surface area contributed by atoms with Gasteiger partial charge in [-0.3, -0.25) is 4.40 Å². The summed E-state index contributed by atoms with van der Waals surface area (Å²) in [5.74, 6) is 1.16. The Balaban J connectivity index is 1.23. The number of anilines is 1. The van der Waals surface area contributed by atoms with Crippen molar-refractivity contribution in [3.63, 3.8) is 0 Å². The Bertz CT molecular complexity index is 1800. The summed E-state index contributed by atoms with van der Waals surface area (Å²) in [6.45, 7) is 5.36. The molecule has 1 unspecified atom stereocenters. The van der Waals surface area contributed by atoms with Crippen molar-refractivity contribution in [2.75, 3.05) is 17.2 Å². The van der Waals surface area contributed by atoms with Gasteiger partial charge in [0.25, 0.3) is 0 Å². The van der Waals surface area contributed by atoms with E-state index < -0.39 is 6.36 Å². The lowest BCUT2D eigenvalue weighted by atomic mass is 9.96. The minimum atomic E-state index is -4.73. The molecule has 214 valence electrons. The molecule has 3 heterocycles. The minimum Gasteiger partial charge on any atom is -0.406 e. The predicted octanol–water partition coefficient (Wildman–Crippen LogP) is 8.51. The summed E-state index contributed by atoms with van der Waals surface area (Å²) in [5, 5.41) is 11.9. The van der Waals surface area contributed by atoms with Crippen molar-refractivity contribution >= 4 is 45.3 Å². The second kappa shape index (κ2) is 11.5. The standard InChI is InChI=1S/C32H28F3N5OS/c1-3-21(2)26-6-4-5-7-28(26)40-16-17-42-31(40)38-37-19-22-8-13-27-24(18-22)14-15-39-29(20-36-30(27)39)23-9-11-25(12-10-23)41-32(33,34)35/h4-15,18-21H,3,16-17H2,1-2H3/b37-19+,38-31+. The molecular weight excluding hydrogens is 559 g/mol. The normalized spacial score (nSPS) is 15.8.